The van der Waals surface area contributed by atoms with Gasteiger partial charge < -0.3 is 9.47 Å². The molecule has 3 aromatic rings. The zero-order valence-electron chi connectivity index (χ0n) is 19.1. The molecule has 4 rings (SSSR count). The zero-order valence-corrected chi connectivity index (χ0v) is 19.9. The van der Waals surface area contributed by atoms with Crippen molar-refractivity contribution in [2.24, 2.45) is 0 Å². The molecular weight excluding hydrogens is 422 g/mol. The van der Waals surface area contributed by atoms with Gasteiger partial charge in [-0.1, -0.05) is 29.5 Å². The van der Waals surface area contributed by atoms with Crippen molar-refractivity contribution in [3.05, 3.63) is 53.1 Å². The number of anilines is 1. The van der Waals surface area contributed by atoms with Crippen LogP contribution >= 0.6 is 11.3 Å². The first-order valence-electron chi connectivity index (χ1n) is 11.1. The van der Waals surface area contributed by atoms with Gasteiger partial charge >= 0.3 is 0 Å². The van der Waals surface area contributed by atoms with Crippen LogP contribution in [-0.2, 0) is 16.0 Å². The van der Waals surface area contributed by atoms with Gasteiger partial charge in [0.1, 0.15) is 5.75 Å². The number of ether oxygens (including phenoxy) is 2. The number of nitrogens with zero attached hydrogens (tertiary/aromatic N) is 3. The van der Waals surface area contributed by atoms with Crippen molar-refractivity contribution < 1.29 is 14.3 Å². The van der Waals surface area contributed by atoms with Crippen LogP contribution < -0.4 is 9.64 Å². The molecule has 0 radical (unpaired) electrons. The van der Waals surface area contributed by atoms with E-state index < -0.39 is 0 Å². The molecule has 1 amide bonds. The van der Waals surface area contributed by atoms with E-state index in [0.29, 0.717) is 13.0 Å². The highest BCUT2D eigenvalue weighted by Crippen LogP contribution is 2.32. The van der Waals surface area contributed by atoms with Gasteiger partial charge in [-0.2, -0.15) is 0 Å². The average molecular weight is 454 g/mol. The third kappa shape index (κ3) is 5.46. The number of hydrogen-bond acceptors (Lipinski definition) is 6. The van der Waals surface area contributed by atoms with Gasteiger partial charge in [-0.05, 0) is 55.2 Å². The highest BCUT2D eigenvalue weighted by molar-refractivity contribution is 7.22. The Labute approximate surface area is 193 Å². The molecular formula is C25H31N3O3S. The van der Waals surface area contributed by atoms with Crippen LogP contribution in [0, 0.1) is 13.8 Å². The molecule has 0 N–H and O–H groups in total. The number of fused-ring (bicyclic) bond motifs is 1. The summed E-state index contributed by atoms with van der Waals surface area (Å²) >= 11 is 1.55. The third-order valence-corrected chi connectivity index (χ3v) is 7.04. The summed E-state index contributed by atoms with van der Waals surface area (Å²) in [5.74, 6) is 0.884. The fourth-order valence-electron chi connectivity index (χ4n) is 3.92. The van der Waals surface area contributed by atoms with Crippen molar-refractivity contribution in [3.63, 3.8) is 0 Å². The van der Waals surface area contributed by atoms with E-state index in [4.69, 9.17) is 14.5 Å². The Bertz CT molecular complexity index is 1080. The van der Waals surface area contributed by atoms with E-state index in [1.807, 2.05) is 23.1 Å². The van der Waals surface area contributed by atoms with Crippen LogP contribution in [0.15, 0.2) is 36.4 Å². The number of aryl methyl sites for hydroxylation is 2. The van der Waals surface area contributed by atoms with Crippen molar-refractivity contribution in [2.75, 3.05) is 51.4 Å². The molecule has 0 unspecified atom stereocenters. The smallest absolute Gasteiger partial charge is 0.233 e. The molecule has 6 nitrogen and oxygen atoms in total. The van der Waals surface area contributed by atoms with Gasteiger partial charge in [0.05, 0.1) is 37.0 Å². The van der Waals surface area contributed by atoms with Crippen LogP contribution in [0.25, 0.3) is 10.2 Å². The van der Waals surface area contributed by atoms with Crippen LogP contribution in [0.4, 0.5) is 5.13 Å². The summed E-state index contributed by atoms with van der Waals surface area (Å²) < 4.78 is 11.8. The Morgan fingerprint density at radius 3 is 2.72 bits per heavy atom. The van der Waals surface area contributed by atoms with E-state index in [2.05, 4.69) is 36.9 Å². The van der Waals surface area contributed by atoms with Gasteiger partial charge in [0, 0.05) is 26.2 Å². The number of hydrogen-bond donors (Lipinski definition) is 0. The number of thiazole rings is 1. The first-order valence-corrected chi connectivity index (χ1v) is 12.0. The van der Waals surface area contributed by atoms with Crippen molar-refractivity contribution in [1.29, 1.82) is 0 Å². The standard InChI is InChI=1S/C25H31N3O3S/c1-18-5-6-20(15-19(18)2)16-24(29)28(10-4-9-27-11-13-31-14-12-27)25-26-22-8-7-21(30-3)17-23(22)32-25/h5-8,15,17H,4,9-14,16H2,1-3H3. The summed E-state index contributed by atoms with van der Waals surface area (Å²) in [5.41, 5.74) is 4.38. The largest absolute Gasteiger partial charge is 0.497 e. The maximum atomic E-state index is 13.4. The Morgan fingerprint density at radius 1 is 1.16 bits per heavy atom. The second-order valence-electron chi connectivity index (χ2n) is 8.28. The first kappa shape index (κ1) is 22.7. The molecule has 1 aliphatic rings. The summed E-state index contributed by atoms with van der Waals surface area (Å²) in [6, 6.07) is 12.1. The third-order valence-electron chi connectivity index (χ3n) is 6.00. The van der Waals surface area contributed by atoms with Crippen molar-refractivity contribution in [3.8, 4) is 5.75 Å². The van der Waals surface area contributed by atoms with Crippen molar-refractivity contribution >= 4 is 32.6 Å². The lowest BCUT2D eigenvalue weighted by atomic mass is 10.0. The van der Waals surface area contributed by atoms with E-state index in [1.54, 1.807) is 18.4 Å². The molecule has 170 valence electrons. The first-order chi connectivity index (χ1) is 15.5. The SMILES string of the molecule is COc1ccc2nc(N(CCCN3CCOCC3)C(=O)Cc3ccc(C)c(C)c3)sc2c1. The molecule has 2 aromatic carbocycles. The predicted molar refractivity (Wildman–Crippen MR) is 130 cm³/mol. The number of carbonyl (C=O) groups is 1. The zero-order chi connectivity index (χ0) is 22.5. The van der Waals surface area contributed by atoms with Crippen LogP contribution in [0.1, 0.15) is 23.1 Å². The summed E-state index contributed by atoms with van der Waals surface area (Å²) in [5, 5.41) is 0.754. The summed E-state index contributed by atoms with van der Waals surface area (Å²) in [6.07, 6.45) is 1.27. The van der Waals surface area contributed by atoms with Gasteiger partial charge in [-0.15, -0.1) is 0 Å². The lowest BCUT2D eigenvalue weighted by Crippen LogP contribution is -2.39. The molecule has 1 aromatic heterocycles. The summed E-state index contributed by atoms with van der Waals surface area (Å²) in [6.45, 7) is 9.27. The van der Waals surface area contributed by atoms with Crippen LogP contribution in [-0.4, -0.2) is 62.3 Å². The summed E-state index contributed by atoms with van der Waals surface area (Å²) in [7, 11) is 1.66. The van der Waals surface area contributed by atoms with Crippen LogP contribution in [0.2, 0.25) is 0 Å². The molecule has 7 heteroatoms. The van der Waals surface area contributed by atoms with E-state index >= 15 is 0 Å². The molecule has 0 spiro atoms. The number of amides is 1. The molecule has 0 bridgehead atoms. The lowest BCUT2D eigenvalue weighted by Gasteiger charge is -2.27. The minimum atomic E-state index is 0.0845. The fourth-order valence-corrected chi connectivity index (χ4v) is 4.96. The second kappa shape index (κ2) is 10.4. The normalized spacial score (nSPS) is 14.6. The minimum absolute atomic E-state index is 0.0845. The fraction of sp³-hybridized carbons (Fsp3) is 0.440. The van der Waals surface area contributed by atoms with Gasteiger partial charge in [0.25, 0.3) is 0 Å². The molecule has 0 saturated carbocycles. The van der Waals surface area contributed by atoms with Gasteiger partial charge in [0.2, 0.25) is 5.91 Å². The molecule has 1 aliphatic heterocycles. The maximum absolute atomic E-state index is 13.4. The van der Waals surface area contributed by atoms with Crippen molar-refractivity contribution in [1.82, 2.24) is 9.88 Å². The quantitative estimate of drug-likeness (QED) is 0.511. The molecule has 32 heavy (non-hydrogen) atoms. The predicted octanol–water partition coefficient (Wildman–Crippen LogP) is 4.22. The number of carbonyl (C=O) groups excluding carboxylic acids is 1. The Hall–Kier alpha value is -2.48. The number of morpholine rings is 1. The lowest BCUT2D eigenvalue weighted by molar-refractivity contribution is -0.118. The summed E-state index contributed by atoms with van der Waals surface area (Å²) in [4.78, 5) is 22.5. The maximum Gasteiger partial charge on any atom is 0.233 e. The van der Waals surface area contributed by atoms with E-state index in [0.717, 1.165) is 65.9 Å². The van der Waals surface area contributed by atoms with E-state index in [-0.39, 0.29) is 5.91 Å². The highest BCUT2D eigenvalue weighted by atomic mass is 32.1. The Morgan fingerprint density at radius 2 is 1.97 bits per heavy atom. The topological polar surface area (TPSA) is 54.9 Å². The molecule has 0 aliphatic carbocycles. The number of aromatic nitrogens is 1. The van der Waals surface area contributed by atoms with Crippen LogP contribution in [0.3, 0.4) is 0 Å². The molecule has 1 fully saturated rings. The molecule has 0 atom stereocenters. The van der Waals surface area contributed by atoms with Crippen LogP contribution in [0.5, 0.6) is 5.75 Å². The van der Waals surface area contributed by atoms with Crippen molar-refractivity contribution in [2.45, 2.75) is 26.7 Å². The Kier molecular flexibility index (Phi) is 7.40. The number of benzene rings is 2. The van der Waals surface area contributed by atoms with E-state index in [1.165, 1.54) is 11.1 Å². The average Bonchev–Trinajstić information content (AvgIpc) is 3.22. The molecule has 2 heterocycles. The monoisotopic (exact) mass is 453 g/mol. The second-order valence-corrected chi connectivity index (χ2v) is 9.29. The highest BCUT2D eigenvalue weighted by Gasteiger charge is 2.21. The number of rotatable bonds is 8. The van der Waals surface area contributed by atoms with Gasteiger partial charge in [-0.3, -0.25) is 14.6 Å². The van der Waals surface area contributed by atoms with Gasteiger partial charge in [0.15, 0.2) is 5.13 Å². The Balaban J connectivity index is 1.53. The van der Waals surface area contributed by atoms with Gasteiger partial charge in [-0.25, -0.2) is 4.98 Å². The van der Waals surface area contributed by atoms with E-state index in [9.17, 15) is 4.79 Å². The number of methoxy groups -OCH3 is 1. The minimum Gasteiger partial charge on any atom is -0.497 e. The molecule has 1 saturated heterocycles.